The predicted molar refractivity (Wildman–Crippen MR) is 94.2 cm³/mol. The number of aliphatic imine (C=N–C) groups is 1. The van der Waals surface area contributed by atoms with Crippen LogP contribution in [0.1, 0.15) is 22.8 Å². The van der Waals surface area contributed by atoms with Gasteiger partial charge in [0.1, 0.15) is 11.5 Å². The van der Waals surface area contributed by atoms with E-state index in [1.54, 1.807) is 20.4 Å². The minimum Gasteiger partial charge on any atom is -0.469 e. The smallest absolute Gasteiger partial charge is 0.241 e. The largest absolute Gasteiger partial charge is 0.469 e. The molecule has 0 aliphatic rings. The topological polar surface area (TPSA) is 95.9 Å². The molecule has 0 aliphatic carbocycles. The molecular formula is C17H25N5O3. The number of aromatic nitrogens is 1. The lowest BCUT2D eigenvalue weighted by atomic mass is 10.2. The van der Waals surface area contributed by atoms with Gasteiger partial charge in [-0.1, -0.05) is 5.16 Å². The maximum Gasteiger partial charge on any atom is 0.241 e. The molecule has 2 rings (SSSR count). The van der Waals surface area contributed by atoms with Gasteiger partial charge in [0, 0.05) is 32.6 Å². The van der Waals surface area contributed by atoms with Gasteiger partial charge in [0.25, 0.3) is 0 Å². The van der Waals surface area contributed by atoms with Crippen molar-refractivity contribution in [1.29, 1.82) is 0 Å². The Hall–Kier alpha value is -2.77. The number of carbonyl (C=O) groups is 1. The molecule has 8 nitrogen and oxygen atoms in total. The SMILES string of the molecule is Cc1noc(C)c1CN=C(NCCc1ccco1)NCC(=O)N(C)C. The van der Waals surface area contributed by atoms with Crippen LogP contribution in [0.15, 0.2) is 32.3 Å². The number of rotatable bonds is 7. The molecule has 0 saturated heterocycles. The summed E-state index contributed by atoms with van der Waals surface area (Å²) in [4.78, 5) is 17.9. The molecule has 0 fully saturated rings. The molecule has 0 aromatic carbocycles. The fourth-order valence-electron chi connectivity index (χ4n) is 2.14. The number of guanidine groups is 1. The van der Waals surface area contributed by atoms with Crippen molar-refractivity contribution in [3.8, 4) is 0 Å². The summed E-state index contributed by atoms with van der Waals surface area (Å²) in [5, 5.41) is 10.2. The Morgan fingerprint density at radius 1 is 1.32 bits per heavy atom. The molecule has 0 saturated carbocycles. The average molecular weight is 347 g/mol. The Kier molecular flexibility index (Phi) is 6.62. The summed E-state index contributed by atoms with van der Waals surface area (Å²) in [5.74, 6) is 2.17. The maximum atomic E-state index is 11.8. The van der Waals surface area contributed by atoms with Crippen LogP contribution in [-0.2, 0) is 17.8 Å². The second kappa shape index (κ2) is 8.91. The standard InChI is InChI=1S/C17H25N5O3/c1-12-15(13(2)25-21-12)10-19-17(20-11-16(23)22(3)4)18-8-7-14-6-5-9-24-14/h5-6,9H,7-8,10-11H2,1-4H3,(H2,18,19,20). The van der Waals surface area contributed by atoms with E-state index in [1.165, 1.54) is 4.90 Å². The molecular weight excluding hydrogens is 322 g/mol. The first-order valence-electron chi connectivity index (χ1n) is 8.14. The molecule has 25 heavy (non-hydrogen) atoms. The van der Waals surface area contributed by atoms with Crippen molar-refractivity contribution in [2.75, 3.05) is 27.2 Å². The summed E-state index contributed by atoms with van der Waals surface area (Å²) in [6, 6.07) is 3.78. The van der Waals surface area contributed by atoms with Gasteiger partial charge in [-0.2, -0.15) is 0 Å². The van der Waals surface area contributed by atoms with E-state index in [0.717, 1.165) is 29.2 Å². The zero-order valence-electron chi connectivity index (χ0n) is 15.1. The Morgan fingerprint density at radius 2 is 2.12 bits per heavy atom. The summed E-state index contributed by atoms with van der Waals surface area (Å²) < 4.78 is 10.5. The van der Waals surface area contributed by atoms with Crippen LogP contribution in [0.4, 0.5) is 0 Å². The number of nitrogens with one attached hydrogen (secondary N) is 2. The number of aryl methyl sites for hydroxylation is 2. The molecule has 2 aromatic heterocycles. The molecule has 136 valence electrons. The van der Waals surface area contributed by atoms with Gasteiger partial charge in [-0.15, -0.1) is 0 Å². The van der Waals surface area contributed by atoms with Gasteiger partial charge in [0.15, 0.2) is 5.96 Å². The highest BCUT2D eigenvalue weighted by molar-refractivity contribution is 5.86. The molecule has 2 aromatic rings. The number of hydrogen-bond acceptors (Lipinski definition) is 5. The monoisotopic (exact) mass is 347 g/mol. The summed E-state index contributed by atoms with van der Waals surface area (Å²) in [6.45, 7) is 4.97. The Morgan fingerprint density at radius 3 is 2.72 bits per heavy atom. The minimum absolute atomic E-state index is 0.0297. The normalized spacial score (nSPS) is 11.4. The van der Waals surface area contributed by atoms with Gasteiger partial charge in [-0.3, -0.25) is 4.79 Å². The quantitative estimate of drug-likeness (QED) is 0.578. The molecule has 0 atom stereocenters. The van der Waals surface area contributed by atoms with E-state index in [0.29, 0.717) is 19.0 Å². The van der Waals surface area contributed by atoms with Crippen LogP contribution in [0, 0.1) is 13.8 Å². The van der Waals surface area contributed by atoms with Crippen molar-refractivity contribution in [2.24, 2.45) is 4.99 Å². The summed E-state index contributed by atoms with van der Waals surface area (Å²) >= 11 is 0. The summed E-state index contributed by atoms with van der Waals surface area (Å²) in [6.07, 6.45) is 2.37. The minimum atomic E-state index is -0.0297. The Labute approximate surface area is 147 Å². The van der Waals surface area contributed by atoms with Crippen LogP contribution >= 0.6 is 0 Å². The van der Waals surface area contributed by atoms with E-state index in [2.05, 4.69) is 20.8 Å². The number of furan rings is 1. The number of nitrogens with zero attached hydrogens (tertiary/aromatic N) is 3. The first-order chi connectivity index (χ1) is 12.0. The summed E-state index contributed by atoms with van der Waals surface area (Å²) in [5.41, 5.74) is 1.77. The predicted octanol–water partition coefficient (Wildman–Crippen LogP) is 1.25. The molecule has 1 amide bonds. The molecule has 0 aliphatic heterocycles. The van der Waals surface area contributed by atoms with E-state index >= 15 is 0 Å². The first kappa shape index (κ1) is 18.6. The van der Waals surface area contributed by atoms with Crippen LogP contribution < -0.4 is 10.6 Å². The zero-order valence-corrected chi connectivity index (χ0v) is 15.1. The number of amides is 1. The van der Waals surface area contributed by atoms with E-state index in [9.17, 15) is 4.79 Å². The van der Waals surface area contributed by atoms with E-state index in [4.69, 9.17) is 8.94 Å². The van der Waals surface area contributed by atoms with Crippen molar-refractivity contribution < 1.29 is 13.7 Å². The highest BCUT2D eigenvalue weighted by Gasteiger charge is 2.10. The molecule has 2 heterocycles. The number of likely N-dealkylation sites (N-methyl/N-ethyl adjacent to an activating group) is 1. The number of hydrogen-bond donors (Lipinski definition) is 2. The van der Waals surface area contributed by atoms with Crippen LogP contribution in [0.25, 0.3) is 0 Å². The first-order valence-corrected chi connectivity index (χ1v) is 8.14. The van der Waals surface area contributed by atoms with Crippen molar-refractivity contribution >= 4 is 11.9 Å². The van der Waals surface area contributed by atoms with Gasteiger partial charge >= 0.3 is 0 Å². The summed E-state index contributed by atoms with van der Waals surface area (Å²) in [7, 11) is 3.43. The lowest BCUT2D eigenvalue weighted by Gasteiger charge is -2.14. The Balaban J connectivity index is 1.97. The van der Waals surface area contributed by atoms with Crippen LogP contribution in [0.2, 0.25) is 0 Å². The van der Waals surface area contributed by atoms with Gasteiger partial charge < -0.3 is 24.5 Å². The highest BCUT2D eigenvalue weighted by atomic mass is 16.5. The molecule has 0 unspecified atom stereocenters. The van der Waals surface area contributed by atoms with E-state index < -0.39 is 0 Å². The maximum absolute atomic E-state index is 11.8. The molecule has 0 bridgehead atoms. The van der Waals surface area contributed by atoms with Gasteiger partial charge in [0.2, 0.25) is 5.91 Å². The zero-order chi connectivity index (χ0) is 18.2. The lowest BCUT2D eigenvalue weighted by Crippen LogP contribution is -2.43. The van der Waals surface area contributed by atoms with Crippen molar-refractivity contribution in [3.05, 3.63) is 41.2 Å². The molecule has 0 radical (unpaired) electrons. The second-order valence-electron chi connectivity index (χ2n) is 5.87. The molecule has 2 N–H and O–H groups in total. The van der Waals surface area contributed by atoms with Crippen molar-refractivity contribution in [2.45, 2.75) is 26.8 Å². The van der Waals surface area contributed by atoms with E-state index in [-0.39, 0.29) is 12.5 Å². The van der Waals surface area contributed by atoms with Crippen LogP contribution in [0.3, 0.4) is 0 Å². The fourth-order valence-corrected chi connectivity index (χ4v) is 2.14. The Bertz CT molecular complexity index is 684. The van der Waals surface area contributed by atoms with Crippen molar-refractivity contribution in [3.63, 3.8) is 0 Å². The van der Waals surface area contributed by atoms with E-state index in [1.807, 2.05) is 26.0 Å². The third-order valence-corrected chi connectivity index (χ3v) is 3.73. The second-order valence-corrected chi connectivity index (χ2v) is 5.87. The van der Waals surface area contributed by atoms with Gasteiger partial charge in [-0.25, -0.2) is 4.99 Å². The lowest BCUT2D eigenvalue weighted by molar-refractivity contribution is -0.127. The molecule has 0 spiro atoms. The third-order valence-electron chi connectivity index (χ3n) is 3.73. The van der Waals surface area contributed by atoms with Gasteiger partial charge in [0.05, 0.1) is 25.0 Å². The molecule has 8 heteroatoms. The third kappa shape index (κ3) is 5.66. The van der Waals surface area contributed by atoms with Crippen molar-refractivity contribution in [1.82, 2.24) is 20.7 Å². The van der Waals surface area contributed by atoms with Crippen LogP contribution in [-0.4, -0.2) is 49.1 Å². The highest BCUT2D eigenvalue weighted by Crippen LogP contribution is 2.12. The fraction of sp³-hybridized carbons (Fsp3) is 0.471. The van der Waals surface area contributed by atoms with Gasteiger partial charge in [-0.05, 0) is 26.0 Å². The average Bonchev–Trinajstić information content (AvgIpc) is 3.20. The number of carbonyl (C=O) groups excluding carboxylic acids is 1. The van der Waals surface area contributed by atoms with Crippen LogP contribution in [0.5, 0.6) is 0 Å².